The van der Waals surface area contributed by atoms with Crippen molar-refractivity contribution in [1.29, 1.82) is 0 Å². The fourth-order valence-corrected chi connectivity index (χ4v) is 5.22. The lowest BCUT2D eigenvalue weighted by molar-refractivity contribution is -0.199. The van der Waals surface area contributed by atoms with Crippen molar-refractivity contribution < 1.29 is 46.9 Å². The van der Waals surface area contributed by atoms with Gasteiger partial charge in [0.15, 0.2) is 0 Å². The smallest absolute Gasteiger partial charge is 0.490 e. The number of benzene rings is 4. The van der Waals surface area contributed by atoms with Crippen molar-refractivity contribution in [3.63, 3.8) is 0 Å². The van der Waals surface area contributed by atoms with Crippen molar-refractivity contribution in [2.75, 3.05) is 26.8 Å². The zero-order valence-corrected chi connectivity index (χ0v) is 26.6. The van der Waals surface area contributed by atoms with E-state index in [0.29, 0.717) is 28.9 Å². The van der Waals surface area contributed by atoms with Gasteiger partial charge in [0.2, 0.25) is 0 Å². The lowest BCUT2D eigenvalue weighted by Crippen LogP contribution is -2.35. The maximum Gasteiger partial charge on any atom is 0.490 e. The van der Waals surface area contributed by atoms with Gasteiger partial charge in [-0.2, -0.15) is 13.2 Å². The molecule has 12 heteroatoms. The number of rotatable bonds is 15. The number of amides is 2. The maximum atomic E-state index is 14.1. The highest BCUT2D eigenvalue weighted by atomic mass is 19.4. The first-order valence-electron chi connectivity index (χ1n) is 15.4. The molecule has 2 N–H and O–H groups in total. The number of nitrogens with one attached hydrogen (secondary N) is 1. The first-order valence-corrected chi connectivity index (χ1v) is 15.4. The van der Waals surface area contributed by atoms with Crippen molar-refractivity contribution in [2.24, 2.45) is 0 Å². The van der Waals surface area contributed by atoms with Gasteiger partial charge in [-0.25, -0.2) is 4.79 Å². The minimum atomic E-state index is -5.15. The molecule has 4 aromatic rings. The molecule has 9 nitrogen and oxygen atoms in total. The molecule has 0 saturated carbocycles. The van der Waals surface area contributed by atoms with Gasteiger partial charge in [0.1, 0.15) is 5.75 Å². The fraction of sp³-hybridized carbons (Fsp3) is 0.243. The van der Waals surface area contributed by atoms with Gasteiger partial charge < -0.3 is 24.8 Å². The van der Waals surface area contributed by atoms with Crippen LogP contribution in [0, 0.1) is 0 Å². The Labute approximate surface area is 281 Å². The molecule has 0 spiro atoms. The largest absolute Gasteiger partial charge is 0.497 e. The van der Waals surface area contributed by atoms with Crippen LogP contribution in [0.25, 0.3) is 11.1 Å². The van der Waals surface area contributed by atoms with Crippen LogP contribution in [0.4, 0.5) is 13.2 Å². The third kappa shape index (κ3) is 10.2. The average Bonchev–Trinajstić information content (AvgIpc) is 3.10. The summed E-state index contributed by atoms with van der Waals surface area (Å²) < 4.78 is 47.8. The molecular weight excluding hydrogens is 641 g/mol. The lowest BCUT2D eigenvalue weighted by atomic mass is 9.93. The summed E-state index contributed by atoms with van der Waals surface area (Å²) in [4.78, 5) is 52.1. The van der Waals surface area contributed by atoms with Crippen LogP contribution in [0.5, 0.6) is 5.75 Å². The molecule has 0 bridgehead atoms. The van der Waals surface area contributed by atoms with Crippen LogP contribution in [-0.2, 0) is 20.7 Å². The molecule has 0 saturated heterocycles. The number of carboxylic acid groups (broad SMARTS) is 1. The van der Waals surface area contributed by atoms with Gasteiger partial charge in [-0.05, 0) is 52.9 Å². The van der Waals surface area contributed by atoms with E-state index in [2.05, 4.69) is 10.1 Å². The first-order chi connectivity index (χ1) is 23.5. The molecule has 49 heavy (non-hydrogen) atoms. The van der Waals surface area contributed by atoms with Crippen LogP contribution in [0.2, 0.25) is 0 Å². The number of nitrogens with zero attached hydrogens (tertiary/aromatic N) is 1. The minimum absolute atomic E-state index is 0.0493. The number of ether oxygens (including phenoxy) is 2. The predicted molar refractivity (Wildman–Crippen MR) is 175 cm³/mol. The summed E-state index contributed by atoms with van der Waals surface area (Å²) in [5.74, 6) is -3.73. The van der Waals surface area contributed by atoms with Crippen molar-refractivity contribution in [3.8, 4) is 16.9 Å². The van der Waals surface area contributed by atoms with E-state index in [-0.39, 0.29) is 37.1 Å². The van der Waals surface area contributed by atoms with Gasteiger partial charge in [-0.15, -0.1) is 0 Å². The highest BCUT2D eigenvalue weighted by molar-refractivity contribution is 6.06. The van der Waals surface area contributed by atoms with Crippen LogP contribution >= 0.6 is 0 Å². The minimum Gasteiger partial charge on any atom is -0.497 e. The molecule has 1 atom stereocenters. The SMILES string of the molecule is COc1cccc(CCN(CCC(=O)O)C(=O)c2ccccc2-c2ccccc2C(=O)NC(CCOC(=O)C(F)(F)F)c2ccccc2)c1. The van der Waals surface area contributed by atoms with Gasteiger partial charge in [0, 0.05) is 30.6 Å². The van der Waals surface area contributed by atoms with Gasteiger partial charge in [-0.3, -0.25) is 14.4 Å². The van der Waals surface area contributed by atoms with E-state index in [1.165, 1.54) is 4.90 Å². The van der Waals surface area contributed by atoms with Crippen LogP contribution < -0.4 is 10.1 Å². The third-order valence-electron chi connectivity index (χ3n) is 7.69. The summed E-state index contributed by atoms with van der Waals surface area (Å²) in [7, 11) is 1.55. The zero-order valence-electron chi connectivity index (χ0n) is 26.6. The number of methoxy groups -OCH3 is 1. The summed E-state index contributed by atoms with van der Waals surface area (Å²) in [6, 6.07) is 28.3. The Morgan fingerprint density at radius 3 is 2.10 bits per heavy atom. The highest BCUT2D eigenvalue weighted by Gasteiger charge is 2.41. The third-order valence-corrected chi connectivity index (χ3v) is 7.69. The van der Waals surface area contributed by atoms with Crippen molar-refractivity contribution >= 4 is 23.8 Å². The molecule has 4 rings (SSSR count). The molecule has 2 amide bonds. The number of carboxylic acids is 1. The van der Waals surface area contributed by atoms with E-state index in [4.69, 9.17) is 4.74 Å². The van der Waals surface area contributed by atoms with Gasteiger partial charge in [0.25, 0.3) is 11.8 Å². The number of hydrogen-bond acceptors (Lipinski definition) is 6. The molecule has 0 aliphatic carbocycles. The van der Waals surface area contributed by atoms with E-state index in [9.17, 15) is 37.5 Å². The Morgan fingerprint density at radius 2 is 1.45 bits per heavy atom. The molecule has 0 fully saturated rings. The van der Waals surface area contributed by atoms with Crippen LogP contribution in [0.3, 0.4) is 0 Å². The Bertz CT molecular complexity index is 1760. The molecule has 0 aliphatic heterocycles. The number of esters is 1. The van der Waals surface area contributed by atoms with Crippen LogP contribution in [0.15, 0.2) is 103 Å². The monoisotopic (exact) mass is 676 g/mol. The Balaban J connectivity index is 1.61. The van der Waals surface area contributed by atoms with E-state index in [0.717, 1.165) is 5.56 Å². The van der Waals surface area contributed by atoms with Crippen molar-refractivity contribution in [3.05, 3.63) is 125 Å². The first kappa shape index (κ1) is 36.2. The van der Waals surface area contributed by atoms with Crippen molar-refractivity contribution in [2.45, 2.75) is 31.5 Å². The van der Waals surface area contributed by atoms with Crippen molar-refractivity contribution in [1.82, 2.24) is 10.2 Å². The molecule has 4 aromatic carbocycles. The summed E-state index contributed by atoms with van der Waals surface area (Å²) in [6.45, 7) is -0.432. The van der Waals surface area contributed by atoms with E-state index in [1.807, 2.05) is 18.2 Å². The van der Waals surface area contributed by atoms with E-state index >= 15 is 0 Å². The number of hydrogen-bond donors (Lipinski definition) is 2. The van der Waals surface area contributed by atoms with E-state index < -0.39 is 42.6 Å². The molecule has 0 aliphatic rings. The molecular formula is C37H35F3N2O7. The van der Waals surface area contributed by atoms with Crippen LogP contribution in [-0.4, -0.2) is 66.7 Å². The molecule has 0 heterocycles. The van der Waals surface area contributed by atoms with Crippen LogP contribution in [0.1, 0.15) is 50.7 Å². The quantitative estimate of drug-likeness (QED) is 0.138. The average molecular weight is 677 g/mol. The second kappa shape index (κ2) is 17.0. The molecule has 0 aromatic heterocycles. The number of carbonyl (C=O) groups excluding carboxylic acids is 3. The Hall–Kier alpha value is -5.65. The summed E-state index contributed by atoms with van der Waals surface area (Å²) in [6.07, 6.45) is -5.12. The molecule has 0 radical (unpaired) electrons. The molecule has 256 valence electrons. The lowest BCUT2D eigenvalue weighted by Gasteiger charge is -2.24. The predicted octanol–water partition coefficient (Wildman–Crippen LogP) is 6.49. The Morgan fingerprint density at radius 1 is 0.816 bits per heavy atom. The Kier molecular flexibility index (Phi) is 12.5. The normalized spacial score (nSPS) is 11.7. The second-order valence-electron chi connectivity index (χ2n) is 11.0. The molecule has 1 unspecified atom stereocenters. The summed E-state index contributed by atoms with van der Waals surface area (Å²) in [5.41, 5.74) is 2.74. The summed E-state index contributed by atoms with van der Waals surface area (Å²) in [5, 5.41) is 12.2. The van der Waals surface area contributed by atoms with Gasteiger partial charge >= 0.3 is 18.1 Å². The van der Waals surface area contributed by atoms with Gasteiger partial charge in [0.05, 0.1) is 26.2 Å². The fourth-order valence-electron chi connectivity index (χ4n) is 5.22. The number of halogens is 3. The zero-order chi connectivity index (χ0) is 35.4. The van der Waals surface area contributed by atoms with Gasteiger partial charge in [-0.1, -0.05) is 78.9 Å². The number of aliphatic carboxylic acids is 1. The second-order valence-corrected chi connectivity index (χ2v) is 11.0. The number of alkyl halides is 3. The van der Waals surface area contributed by atoms with E-state index in [1.54, 1.807) is 92.0 Å². The standard InChI is InChI=1S/C37H35F3N2O7/c1-48-27-13-9-10-25(24-27)18-21-42(22-19-33(43)44)35(46)31-17-8-6-15-29(31)28-14-5-7-16-30(28)34(45)41-32(26-11-3-2-4-12-26)20-23-49-36(47)37(38,39)40/h2-17,24,32H,18-23H2,1H3,(H,41,45)(H,43,44). The maximum absolute atomic E-state index is 14.1. The topological polar surface area (TPSA) is 122 Å². The number of carbonyl (C=O) groups is 4. The summed E-state index contributed by atoms with van der Waals surface area (Å²) >= 11 is 0. The highest BCUT2D eigenvalue weighted by Crippen LogP contribution is 2.30.